The van der Waals surface area contributed by atoms with Crippen molar-refractivity contribution in [3.05, 3.63) is 83.0 Å². The van der Waals surface area contributed by atoms with Crippen molar-refractivity contribution in [3.8, 4) is 11.3 Å². The zero-order valence-corrected chi connectivity index (χ0v) is 17.1. The molecule has 5 nitrogen and oxygen atoms in total. The SMILES string of the molecule is O=C(CCc1cccc(Cl)c1)N1CCO[C@H](c2nccnc2-c2ccccc2F)C1. The van der Waals surface area contributed by atoms with Crippen LogP contribution in [0.2, 0.25) is 5.02 Å². The van der Waals surface area contributed by atoms with Crippen molar-refractivity contribution in [1.82, 2.24) is 14.9 Å². The van der Waals surface area contributed by atoms with Crippen LogP contribution in [0, 0.1) is 5.82 Å². The molecule has 154 valence electrons. The standard InChI is InChI=1S/C23H21ClFN3O2/c24-17-5-3-4-16(14-17)8-9-21(29)28-12-13-30-20(15-28)23-22(26-10-11-27-23)18-6-1-2-7-19(18)25/h1-7,10-11,14,20H,8-9,12-13,15H2/t20-/m0/s1. The molecule has 0 bridgehead atoms. The van der Waals surface area contributed by atoms with Gasteiger partial charge in [-0.15, -0.1) is 0 Å². The van der Waals surface area contributed by atoms with Gasteiger partial charge in [-0.25, -0.2) is 4.39 Å². The van der Waals surface area contributed by atoms with Crippen LogP contribution in [0.3, 0.4) is 0 Å². The topological polar surface area (TPSA) is 55.3 Å². The van der Waals surface area contributed by atoms with E-state index in [1.807, 2.05) is 24.3 Å². The number of carbonyl (C=O) groups excluding carboxylic acids is 1. The molecule has 1 amide bonds. The van der Waals surface area contributed by atoms with Crippen molar-refractivity contribution < 1.29 is 13.9 Å². The van der Waals surface area contributed by atoms with Crippen molar-refractivity contribution in [2.75, 3.05) is 19.7 Å². The highest BCUT2D eigenvalue weighted by Gasteiger charge is 2.29. The summed E-state index contributed by atoms with van der Waals surface area (Å²) in [6.07, 6.45) is 3.63. The summed E-state index contributed by atoms with van der Waals surface area (Å²) in [5, 5.41) is 0.662. The summed E-state index contributed by atoms with van der Waals surface area (Å²) in [5.41, 5.74) is 2.37. The molecule has 2 heterocycles. The normalized spacial score (nSPS) is 16.5. The number of aryl methyl sites for hydroxylation is 1. The van der Waals surface area contributed by atoms with Gasteiger partial charge >= 0.3 is 0 Å². The van der Waals surface area contributed by atoms with E-state index in [1.54, 1.807) is 29.3 Å². The molecular formula is C23H21ClFN3O2. The maximum atomic E-state index is 14.3. The van der Waals surface area contributed by atoms with E-state index in [2.05, 4.69) is 9.97 Å². The van der Waals surface area contributed by atoms with Gasteiger partial charge in [0.05, 0.1) is 24.5 Å². The first-order valence-corrected chi connectivity index (χ1v) is 10.2. The Hall–Kier alpha value is -2.83. The number of benzene rings is 2. The molecule has 1 aliphatic rings. The van der Waals surface area contributed by atoms with Crippen LogP contribution in [0.1, 0.15) is 23.8 Å². The number of morpholine rings is 1. The Labute approximate surface area is 179 Å². The quantitative estimate of drug-likeness (QED) is 0.605. The van der Waals surface area contributed by atoms with Crippen molar-refractivity contribution in [3.63, 3.8) is 0 Å². The molecule has 1 aliphatic heterocycles. The predicted molar refractivity (Wildman–Crippen MR) is 112 cm³/mol. The van der Waals surface area contributed by atoms with Gasteiger partial charge in [-0.2, -0.15) is 0 Å². The zero-order chi connectivity index (χ0) is 20.9. The number of aromatic nitrogens is 2. The molecule has 0 radical (unpaired) electrons. The van der Waals surface area contributed by atoms with Gasteiger partial charge in [0.1, 0.15) is 11.9 Å². The Morgan fingerprint density at radius 1 is 1.17 bits per heavy atom. The third kappa shape index (κ3) is 4.66. The summed E-state index contributed by atoms with van der Waals surface area (Å²) in [6, 6.07) is 14.0. The van der Waals surface area contributed by atoms with Crippen LogP contribution in [0.5, 0.6) is 0 Å². The second kappa shape index (κ2) is 9.32. The van der Waals surface area contributed by atoms with Crippen LogP contribution in [0.25, 0.3) is 11.3 Å². The van der Waals surface area contributed by atoms with E-state index in [-0.39, 0.29) is 11.7 Å². The molecule has 3 aromatic rings. The fourth-order valence-electron chi connectivity index (χ4n) is 3.59. The molecule has 1 aromatic heterocycles. The molecule has 0 aliphatic carbocycles. The number of carbonyl (C=O) groups is 1. The second-order valence-corrected chi connectivity index (χ2v) is 7.54. The number of nitrogens with zero attached hydrogens (tertiary/aromatic N) is 3. The highest BCUT2D eigenvalue weighted by atomic mass is 35.5. The zero-order valence-electron chi connectivity index (χ0n) is 16.3. The van der Waals surface area contributed by atoms with Crippen LogP contribution in [0.15, 0.2) is 60.9 Å². The van der Waals surface area contributed by atoms with Crippen molar-refractivity contribution in [2.45, 2.75) is 18.9 Å². The summed E-state index contributed by atoms with van der Waals surface area (Å²) < 4.78 is 20.2. The van der Waals surface area contributed by atoms with Gasteiger partial charge < -0.3 is 9.64 Å². The van der Waals surface area contributed by atoms with Gasteiger partial charge in [-0.05, 0) is 36.2 Å². The van der Waals surface area contributed by atoms with Gasteiger partial charge in [0.25, 0.3) is 0 Å². The first-order valence-electron chi connectivity index (χ1n) is 9.81. The number of rotatable bonds is 5. The summed E-state index contributed by atoms with van der Waals surface area (Å²) >= 11 is 6.02. The first kappa shape index (κ1) is 20.4. The monoisotopic (exact) mass is 425 g/mol. The minimum absolute atomic E-state index is 0.0413. The lowest BCUT2D eigenvalue weighted by atomic mass is 10.0. The molecule has 1 atom stereocenters. The molecule has 1 fully saturated rings. The third-order valence-corrected chi connectivity index (χ3v) is 5.33. The smallest absolute Gasteiger partial charge is 0.223 e. The molecule has 30 heavy (non-hydrogen) atoms. The van der Waals surface area contributed by atoms with Gasteiger partial charge in [0.15, 0.2) is 0 Å². The fourth-order valence-corrected chi connectivity index (χ4v) is 3.80. The average Bonchev–Trinajstić information content (AvgIpc) is 2.78. The fraction of sp³-hybridized carbons (Fsp3) is 0.261. The van der Waals surface area contributed by atoms with E-state index in [4.69, 9.17) is 16.3 Å². The lowest BCUT2D eigenvalue weighted by Gasteiger charge is -2.33. The number of ether oxygens (including phenoxy) is 1. The van der Waals surface area contributed by atoms with E-state index in [0.29, 0.717) is 54.5 Å². The average molecular weight is 426 g/mol. The predicted octanol–water partition coefficient (Wildman–Crippen LogP) is 4.47. The third-order valence-electron chi connectivity index (χ3n) is 5.10. The summed E-state index contributed by atoms with van der Waals surface area (Å²) in [7, 11) is 0. The number of halogens is 2. The molecule has 4 rings (SSSR count). The van der Waals surface area contributed by atoms with E-state index < -0.39 is 6.10 Å². The largest absolute Gasteiger partial charge is 0.368 e. The highest BCUT2D eigenvalue weighted by Crippen LogP contribution is 2.30. The van der Waals surface area contributed by atoms with Crippen molar-refractivity contribution in [2.24, 2.45) is 0 Å². The minimum atomic E-state index is -0.461. The van der Waals surface area contributed by atoms with Gasteiger partial charge in [-0.1, -0.05) is 35.9 Å². The Kier molecular flexibility index (Phi) is 6.35. The highest BCUT2D eigenvalue weighted by molar-refractivity contribution is 6.30. The molecule has 0 saturated carbocycles. The van der Waals surface area contributed by atoms with Crippen LogP contribution < -0.4 is 0 Å². The molecule has 0 N–H and O–H groups in total. The molecule has 2 aromatic carbocycles. The minimum Gasteiger partial charge on any atom is -0.368 e. The summed E-state index contributed by atoms with van der Waals surface area (Å²) in [4.78, 5) is 23.3. The van der Waals surface area contributed by atoms with Crippen LogP contribution in [-0.4, -0.2) is 40.5 Å². The Morgan fingerprint density at radius 3 is 2.83 bits per heavy atom. The second-order valence-electron chi connectivity index (χ2n) is 7.10. The van der Waals surface area contributed by atoms with Crippen molar-refractivity contribution in [1.29, 1.82) is 0 Å². The van der Waals surface area contributed by atoms with Crippen LogP contribution in [-0.2, 0) is 16.0 Å². The Balaban J connectivity index is 1.48. The van der Waals surface area contributed by atoms with Crippen LogP contribution >= 0.6 is 11.6 Å². The van der Waals surface area contributed by atoms with Crippen molar-refractivity contribution >= 4 is 17.5 Å². The number of hydrogen-bond acceptors (Lipinski definition) is 4. The first-order chi connectivity index (χ1) is 14.6. The molecule has 0 spiro atoms. The van der Waals surface area contributed by atoms with E-state index in [1.165, 1.54) is 12.3 Å². The van der Waals surface area contributed by atoms with Gasteiger partial charge in [0, 0.05) is 35.9 Å². The lowest BCUT2D eigenvalue weighted by Crippen LogP contribution is -2.42. The van der Waals surface area contributed by atoms with Crippen LogP contribution in [0.4, 0.5) is 4.39 Å². The molecule has 7 heteroatoms. The van der Waals surface area contributed by atoms with Gasteiger partial charge in [-0.3, -0.25) is 14.8 Å². The maximum Gasteiger partial charge on any atom is 0.223 e. The number of hydrogen-bond donors (Lipinski definition) is 0. The van der Waals surface area contributed by atoms with E-state index in [9.17, 15) is 9.18 Å². The van der Waals surface area contributed by atoms with Gasteiger partial charge in [0.2, 0.25) is 5.91 Å². The summed E-state index contributed by atoms with van der Waals surface area (Å²) in [6.45, 7) is 1.26. The Morgan fingerprint density at radius 2 is 2.00 bits per heavy atom. The molecular weight excluding hydrogens is 405 g/mol. The molecule has 0 unspecified atom stereocenters. The van der Waals surface area contributed by atoms with E-state index in [0.717, 1.165) is 5.56 Å². The Bertz CT molecular complexity index is 1050. The lowest BCUT2D eigenvalue weighted by molar-refractivity contribution is -0.139. The molecule has 1 saturated heterocycles. The van der Waals surface area contributed by atoms with E-state index >= 15 is 0 Å². The summed E-state index contributed by atoms with van der Waals surface area (Å²) in [5.74, 6) is -0.330. The number of amides is 1. The maximum absolute atomic E-state index is 14.3.